The van der Waals surface area contributed by atoms with Crippen molar-refractivity contribution in [3.05, 3.63) is 17.5 Å². The van der Waals surface area contributed by atoms with Gasteiger partial charge in [-0.05, 0) is 0 Å². The number of aromatic carboxylic acids is 1. The second kappa shape index (κ2) is 3.42. The van der Waals surface area contributed by atoms with Crippen LogP contribution in [0.2, 0.25) is 0 Å². The molecule has 0 unspecified atom stereocenters. The van der Waals surface area contributed by atoms with Crippen LogP contribution >= 0.6 is 0 Å². The van der Waals surface area contributed by atoms with Crippen LogP contribution in [0.25, 0.3) is 0 Å². The fourth-order valence-corrected chi connectivity index (χ4v) is 1.01. The molecule has 0 aliphatic rings. The van der Waals surface area contributed by atoms with E-state index >= 15 is 0 Å². The Bertz CT molecular complexity index is 423. The molecule has 0 radical (unpaired) electrons. The first-order chi connectivity index (χ1) is 7.07. The lowest BCUT2D eigenvalue weighted by Gasteiger charge is -2.17. The van der Waals surface area contributed by atoms with Crippen molar-refractivity contribution in [2.45, 2.75) is 12.1 Å². The Balaban J connectivity index is 3.38. The van der Waals surface area contributed by atoms with Crippen LogP contribution in [0.4, 0.5) is 22.0 Å². The summed E-state index contributed by atoms with van der Waals surface area (Å²) < 4.78 is 62.2. The topological polar surface area (TPSA) is 55.1 Å². The van der Waals surface area contributed by atoms with Crippen molar-refractivity contribution in [2.75, 3.05) is 0 Å². The Labute approximate surface area is 85.3 Å². The highest BCUT2D eigenvalue weighted by molar-refractivity contribution is 5.88. The molecule has 0 aliphatic carbocycles. The van der Waals surface area contributed by atoms with Gasteiger partial charge in [0.05, 0.1) is 0 Å². The van der Waals surface area contributed by atoms with E-state index in [1.54, 1.807) is 0 Å². The number of carboxylic acid groups (broad SMARTS) is 1. The van der Waals surface area contributed by atoms with Crippen molar-refractivity contribution in [3.8, 4) is 0 Å². The molecule has 1 aromatic heterocycles. The molecule has 16 heavy (non-hydrogen) atoms. The van der Waals surface area contributed by atoms with Crippen molar-refractivity contribution in [3.63, 3.8) is 0 Å². The molecule has 1 rings (SSSR count). The Hall–Kier alpha value is -1.67. The van der Waals surface area contributed by atoms with Gasteiger partial charge in [-0.15, -0.1) is 0 Å². The lowest BCUT2D eigenvalue weighted by atomic mass is 10.1. The number of hydrogen-bond acceptors (Lipinski definition) is 2. The van der Waals surface area contributed by atoms with E-state index in [1.807, 2.05) is 0 Å². The number of aryl methyl sites for hydroxylation is 1. The summed E-state index contributed by atoms with van der Waals surface area (Å²) in [5.41, 5.74) is -2.99. The van der Waals surface area contributed by atoms with Crippen LogP contribution in [0.1, 0.15) is 16.1 Å². The molecule has 1 aromatic rings. The van der Waals surface area contributed by atoms with Gasteiger partial charge in [-0.25, -0.2) is 4.79 Å². The van der Waals surface area contributed by atoms with E-state index in [2.05, 4.69) is 5.10 Å². The molecule has 0 aromatic carbocycles. The van der Waals surface area contributed by atoms with Crippen LogP contribution in [0.15, 0.2) is 6.20 Å². The maximum Gasteiger partial charge on any atom is 0.459 e. The highest BCUT2D eigenvalue weighted by Gasteiger charge is 2.61. The van der Waals surface area contributed by atoms with Gasteiger partial charge in [0.1, 0.15) is 5.56 Å². The molecule has 1 heterocycles. The summed E-state index contributed by atoms with van der Waals surface area (Å²) in [4.78, 5) is 10.5. The molecule has 0 fully saturated rings. The third-order valence-electron chi connectivity index (χ3n) is 1.71. The molecule has 0 spiro atoms. The van der Waals surface area contributed by atoms with Crippen LogP contribution < -0.4 is 0 Å². The molecule has 0 amide bonds. The number of nitrogens with zero attached hydrogens (tertiary/aromatic N) is 2. The molecular weight excluding hydrogens is 239 g/mol. The third kappa shape index (κ3) is 1.84. The van der Waals surface area contributed by atoms with Gasteiger partial charge in [0.2, 0.25) is 0 Å². The molecule has 0 saturated carbocycles. The number of carbonyl (C=O) groups is 1. The number of carboxylic acids is 1. The minimum absolute atomic E-state index is 0.581. The molecule has 4 nitrogen and oxygen atoms in total. The maximum atomic E-state index is 12.8. The zero-order chi connectivity index (χ0) is 12.7. The van der Waals surface area contributed by atoms with Gasteiger partial charge in [-0.2, -0.15) is 27.1 Å². The number of alkyl halides is 5. The summed E-state index contributed by atoms with van der Waals surface area (Å²) in [5, 5.41) is 11.3. The van der Waals surface area contributed by atoms with Crippen molar-refractivity contribution in [1.82, 2.24) is 9.78 Å². The minimum Gasteiger partial charge on any atom is -0.478 e. The van der Waals surface area contributed by atoms with E-state index in [1.165, 1.54) is 0 Å². The Morgan fingerprint density at radius 2 is 1.88 bits per heavy atom. The number of hydrogen-bond donors (Lipinski definition) is 1. The van der Waals surface area contributed by atoms with E-state index in [4.69, 9.17) is 5.11 Å². The van der Waals surface area contributed by atoms with Crippen LogP contribution in [-0.4, -0.2) is 27.0 Å². The normalized spacial score (nSPS) is 12.9. The third-order valence-corrected chi connectivity index (χ3v) is 1.71. The number of halogens is 5. The first-order valence-electron chi connectivity index (χ1n) is 3.79. The number of aromatic nitrogens is 2. The zero-order valence-electron chi connectivity index (χ0n) is 7.72. The van der Waals surface area contributed by atoms with Gasteiger partial charge in [0.15, 0.2) is 5.69 Å². The highest BCUT2D eigenvalue weighted by atomic mass is 19.4. The second-order valence-corrected chi connectivity index (χ2v) is 2.94. The maximum absolute atomic E-state index is 12.8. The number of rotatable bonds is 2. The quantitative estimate of drug-likeness (QED) is 0.806. The smallest absolute Gasteiger partial charge is 0.459 e. The molecule has 0 aliphatic heterocycles. The average Bonchev–Trinajstić information content (AvgIpc) is 2.45. The Morgan fingerprint density at radius 1 is 1.38 bits per heavy atom. The van der Waals surface area contributed by atoms with Crippen molar-refractivity contribution < 1.29 is 31.9 Å². The minimum atomic E-state index is -5.88. The van der Waals surface area contributed by atoms with E-state index in [-0.39, 0.29) is 0 Å². The van der Waals surface area contributed by atoms with E-state index in [0.717, 1.165) is 7.05 Å². The first-order valence-corrected chi connectivity index (χ1v) is 3.79. The molecule has 0 bridgehead atoms. The predicted molar refractivity (Wildman–Crippen MR) is 40.1 cm³/mol. The monoisotopic (exact) mass is 244 g/mol. The molecular formula is C7H5F5N2O2. The first kappa shape index (κ1) is 12.4. The fourth-order valence-electron chi connectivity index (χ4n) is 1.01. The van der Waals surface area contributed by atoms with E-state index in [0.29, 0.717) is 10.9 Å². The van der Waals surface area contributed by atoms with E-state index < -0.39 is 29.3 Å². The molecule has 0 saturated heterocycles. The van der Waals surface area contributed by atoms with E-state index in [9.17, 15) is 26.7 Å². The predicted octanol–water partition coefficient (Wildman–Crippen LogP) is 1.77. The molecule has 0 atom stereocenters. The Morgan fingerprint density at radius 3 is 2.25 bits per heavy atom. The summed E-state index contributed by atoms with van der Waals surface area (Å²) in [6.45, 7) is 0. The summed E-state index contributed by atoms with van der Waals surface area (Å²) in [5.74, 6) is -7.19. The zero-order valence-corrected chi connectivity index (χ0v) is 7.72. The average molecular weight is 244 g/mol. The van der Waals surface area contributed by atoms with Gasteiger partial charge in [0, 0.05) is 13.2 Å². The van der Waals surface area contributed by atoms with Gasteiger partial charge in [-0.3, -0.25) is 4.68 Å². The van der Waals surface area contributed by atoms with Gasteiger partial charge in [-0.1, -0.05) is 0 Å². The second-order valence-electron chi connectivity index (χ2n) is 2.94. The largest absolute Gasteiger partial charge is 0.478 e. The molecule has 1 N–H and O–H groups in total. The van der Waals surface area contributed by atoms with Crippen LogP contribution in [0, 0.1) is 0 Å². The molecule has 90 valence electrons. The van der Waals surface area contributed by atoms with Gasteiger partial charge < -0.3 is 5.11 Å². The lowest BCUT2D eigenvalue weighted by molar-refractivity contribution is -0.291. The van der Waals surface area contributed by atoms with Crippen LogP contribution in [0.3, 0.4) is 0 Å². The lowest BCUT2D eigenvalue weighted by Crippen LogP contribution is -2.35. The summed E-state index contributed by atoms with van der Waals surface area (Å²) in [6, 6.07) is 0. The fraction of sp³-hybridized carbons (Fsp3) is 0.429. The summed E-state index contributed by atoms with van der Waals surface area (Å²) >= 11 is 0. The highest BCUT2D eigenvalue weighted by Crippen LogP contribution is 2.44. The van der Waals surface area contributed by atoms with Crippen LogP contribution in [0.5, 0.6) is 0 Å². The standard InChI is InChI=1S/C7H5F5N2O2/c1-14-2-3(5(15)16)4(13-14)6(8,9)7(10,11)12/h2H,1H3,(H,15,16). The van der Waals surface area contributed by atoms with Gasteiger partial charge >= 0.3 is 18.1 Å². The van der Waals surface area contributed by atoms with Crippen LogP contribution in [-0.2, 0) is 13.0 Å². The summed E-state index contributed by atoms with van der Waals surface area (Å²) in [7, 11) is 1.04. The summed E-state index contributed by atoms with van der Waals surface area (Å²) in [6.07, 6.45) is -5.30. The van der Waals surface area contributed by atoms with Crippen molar-refractivity contribution >= 4 is 5.97 Å². The van der Waals surface area contributed by atoms with Crippen molar-refractivity contribution in [1.29, 1.82) is 0 Å². The van der Waals surface area contributed by atoms with Crippen molar-refractivity contribution in [2.24, 2.45) is 7.05 Å². The molecule has 9 heteroatoms. The van der Waals surface area contributed by atoms with Gasteiger partial charge in [0.25, 0.3) is 0 Å². The Kier molecular flexibility index (Phi) is 2.65. The SMILES string of the molecule is Cn1cc(C(=O)O)c(C(F)(F)C(F)(F)F)n1.